The van der Waals surface area contributed by atoms with Crippen LogP contribution in [0.4, 0.5) is 26.0 Å². The van der Waals surface area contributed by atoms with Gasteiger partial charge in [0.2, 0.25) is 5.92 Å². The molecule has 1 amide bonds. The first-order chi connectivity index (χ1) is 17.3. The minimum atomic E-state index is -2.25. The number of alkyl halides is 2. The van der Waals surface area contributed by atoms with Crippen molar-refractivity contribution in [1.82, 2.24) is 19.6 Å². The number of halogens is 2. The first-order valence-corrected chi connectivity index (χ1v) is 11.4. The number of fused-ring (bicyclic) bond motifs is 2. The van der Waals surface area contributed by atoms with Crippen molar-refractivity contribution in [1.29, 1.82) is 0 Å². The van der Waals surface area contributed by atoms with Gasteiger partial charge in [0.25, 0.3) is 5.91 Å². The number of nitrogens with one attached hydrogen (secondary N) is 1. The van der Waals surface area contributed by atoms with Crippen LogP contribution in [0.1, 0.15) is 39.3 Å². The van der Waals surface area contributed by atoms with E-state index in [0.717, 1.165) is 47.4 Å². The number of benzene rings is 1. The molecule has 0 saturated heterocycles. The Morgan fingerprint density at radius 1 is 1.17 bits per heavy atom. The van der Waals surface area contributed by atoms with Gasteiger partial charge in [-0.25, -0.2) is 18.3 Å². The van der Waals surface area contributed by atoms with Crippen LogP contribution < -0.4 is 16.0 Å². The largest absolute Gasteiger partial charge is 0.385 e. The minimum absolute atomic E-state index is 0.118. The van der Waals surface area contributed by atoms with E-state index in [4.69, 9.17) is 5.73 Å². The Morgan fingerprint density at radius 2 is 1.94 bits per heavy atom. The maximum absolute atomic E-state index is 11.8. The van der Waals surface area contributed by atoms with E-state index in [1.54, 1.807) is 19.3 Å². The van der Waals surface area contributed by atoms with E-state index in [1.165, 1.54) is 10.7 Å². The molecule has 9 nitrogen and oxygen atoms in total. The lowest BCUT2D eigenvalue weighted by Gasteiger charge is -2.20. The Morgan fingerprint density at radius 3 is 2.56 bits per heavy atom. The van der Waals surface area contributed by atoms with Gasteiger partial charge in [-0.1, -0.05) is 12.1 Å². The fourth-order valence-corrected chi connectivity index (χ4v) is 4.08. The Balaban J connectivity index is 0.000000477. The number of rotatable bonds is 5. The second kappa shape index (κ2) is 8.99. The van der Waals surface area contributed by atoms with Gasteiger partial charge in [0.05, 0.1) is 17.6 Å². The predicted octanol–water partition coefficient (Wildman–Crippen LogP) is 3.85. The van der Waals surface area contributed by atoms with Crippen LogP contribution in [-0.2, 0) is 6.42 Å². The van der Waals surface area contributed by atoms with Crippen molar-refractivity contribution in [2.24, 2.45) is 5.73 Å². The minimum Gasteiger partial charge on any atom is -0.385 e. The number of imidazole rings is 1. The summed E-state index contributed by atoms with van der Waals surface area (Å²) in [6.07, 6.45) is 4.84. The van der Waals surface area contributed by atoms with Crippen molar-refractivity contribution in [3.05, 3.63) is 65.6 Å². The molecule has 0 bridgehead atoms. The van der Waals surface area contributed by atoms with E-state index in [9.17, 15) is 18.4 Å². The molecular weight excluding hydrogens is 468 g/mol. The van der Waals surface area contributed by atoms with Crippen molar-refractivity contribution in [3.8, 4) is 11.3 Å². The summed E-state index contributed by atoms with van der Waals surface area (Å²) in [5.41, 5.74) is 11.6. The van der Waals surface area contributed by atoms with Crippen molar-refractivity contribution in [3.63, 3.8) is 0 Å². The van der Waals surface area contributed by atoms with Crippen molar-refractivity contribution < 1.29 is 18.4 Å². The van der Waals surface area contributed by atoms with Gasteiger partial charge >= 0.3 is 0 Å². The van der Waals surface area contributed by atoms with E-state index in [1.807, 2.05) is 30.3 Å². The molecule has 0 unspecified atom stereocenters. The van der Waals surface area contributed by atoms with E-state index < -0.39 is 11.8 Å². The van der Waals surface area contributed by atoms with E-state index in [-0.39, 0.29) is 18.5 Å². The highest BCUT2D eigenvalue weighted by atomic mass is 19.3. The maximum atomic E-state index is 11.8. The Bertz CT molecular complexity index is 1460. The monoisotopic (exact) mass is 491 g/mol. The Hall–Kier alpha value is -4.41. The highest BCUT2D eigenvalue weighted by molar-refractivity contribution is 5.92. The number of carbonyl (C=O) groups excluding carboxylic acids is 2. The van der Waals surface area contributed by atoms with Gasteiger partial charge in [0.15, 0.2) is 17.8 Å². The molecule has 1 saturated carbocycles. The van der Waals surface area contributed by atoms with Gasteiger partial charge < -0.3 is 16.0 Å². The molecule has 184 valence electrons. The molecule has 4 heterocycles. The molecule has 1 aromatic carbocycles. The first-order valence-electron chi connectivity index (χ1n) is 11.4. The molecule has 11 heteroatoms. The van der Waals surface area contributed by atoms with Crippen LogP contribution in [0.25, 0.3) is 16.9 Å². The second-order valence-corrected chi connectivity index (χ2v) is 8.56. The zero-order chi connectivity index (χ0) is 25.4. The van der Waals surface area contributed by atoms with Crippen LogP contribution in [0.2, 0.25) is 0 Å². The Labute approximate surface area is 205 Å². The van der Waals surface area contributed by atoms with Gasteiger partial charge in [-0.15, -0.1) is 5.10 Å². The molecule has 0 atom stereocenters. The lowest BCUT2D eigenvalue weighted by molar-refractivity contribution is 0.0993. The van der Waals surface area contributed by atoms with Crippen LogP contribution >= 0.6 is 0 Å². The molecule has 0 radical (unpaired) electrons. The van der Waals surface area contributed by atoms with Crippen LogP contribution in [0.5, 0.6) is 0 Å². The highest BCUT2D eigenvalue weighted by Crippen LogP contribution is 2.41. The smallest absolute Gasteiger partial charge is 0.269 e. The fourth-order valence-electron chi connectivity index (χ4n) is 4.08. The lowest BCUT2D eigenvalue weighted by Crippen LogP contribution is -2.19. The number of hydrogen-bond acceptors (Lipinski definition) is 7. The average molecular weight is 492 g/mol. The summed E-state index contributed by atoms with van der Waals surface area (Å²) in [6.45, 7) is 0.723. The van der Waals surface area contributed by atoms with E-state index >= 15 is 0 Å². The zero-order valence-corrected chi connectivity index (χ0v) is 19.4. The molecule has 2 aliphatic rings. The summed E-state index contributed by atoms with van der Waals surface area (Å²) in [5.74, 6) is -2.16. The number of hydrogen-bond donors (Lipinski definition) is 2. The van der Waals surface area contributed by atoms with Gasteiger partial charge in [-0.05, 0) is 30.2 Å². The number of anilines is 3. The third-order valence-electron chi connectivity index (χ3n) is 6.11. The highest BCUT2D eigenvalue weighted by Gasteiger charge is 2.43. The molecule has 3 N–H and O–H groups in total. The standard InChI is InChI=1S/C22H19N7O2.C3H4F2/c1-24-17-9-20(27-29-19(21(23)31)11-26-22(17)29)28-8-7-15-14(3-2-4-18(15)28)16-6-5-13(12-30)10-25-16;4-3(5)1-2-3/h2-6,9-12,24H,7-8H2,1H3,(H2,23,31);1-2H2. The number of nitrogens with zero attached hydrogens (tertiary/aromatic N) is 5. The molecule has 3 aromatic heterocycles. The number of aromatic nitrogens is 4. The third kappa shape index (κ3) is 4.35. The number of carbonyl (C=O) groups is 2. The number of primary amides is 1. The first kappa shape index (κ1) is 23.3. The molecule has 36 heavy (non-hydrogen) atoms. The van der Waals surface area contributed by atoms with E-state index in [0.29, 0.717) is 17.0 Å². The molecule has 1 aliphatic heterocycles. The van der Waals surface area contributed by atoms with Gasteiger partial charge in [0.1, 0.15) is 5.69 Å². The fraction of sp³-hybridized carbons (Fsp3) is 0.240. The van der Waals surface area contributed by atoms with Crippen molar-refractivity contribution in [2.75, 3.05) is 23.8 Å². The summed E-state index contributed by atoms with van der Waals surface area (Å²) in [4.78, 5) is 33.6. The van der Waals surface area contributed by atoms with Crippen molar-refractivity contribution in [2.45, 2.75) is 25.2 Å². The van der Waals surface area contributed by atoms with Crippen LogP contribution in [0, 0.1) is 0 Å². The number of amides is 1. The molecule has 0 spiro atoms. The summed E-state index contributed by atoms with van der Waals surface area (Å²) in [6, 6.07) is 11.6. The summed E-state index contributed by atoms with van der Waals surface area (Å²) in [5, 5.41) is 7.77. The SMILES string of the molecule is CNc1cc(N2CCc3c(-c4ccc(C=O)cn4)cccc32)nn2c(C(N)=O)cnc12.FC1(F)CC1. The summed E-state index contributed by atoms with van der Waals surface area (Å²) in [7, 11) is 1.79. The number of nitrogens with two attached hydrogens (primary N) is 1. The Kier molecular flexibility index (Phi) is 5.83. The lowest BCUT2D eigenvalue weighted by atomic mass is 10.0. The second-order valence-electron chi connectivity index (χ2n) is 8.56. The molecule has 6 rings (SSSR count). The topological polar surface area (TPSA) is 119 Å². The molecule has 4 aromatic rings. The van der Waals surface area contributed by atoms with Crippen LogP contribution in [0.15, 0.2) is 48.8 Å². The van der Waals surface area contributed by atoms with Gasteiger partial charge in [-0.2, -0.15) is 0 Å². The zero-order valence-electron chi connectivity index (χ0n) is 19.4. The molecule has 1 aliphatic carbocycles. The molecular formula is C25H23F2N7O2. The summed E-state index contributed by atoms with van der Waals surface area (Å²) >= 11 is 0. The van der Waals surface area contributed by atoms with Crippen LogP contribution in [0.3, 0.4) is 0 Å². The number of pyridine rings is 1. The van der Waals surface area contributed by atoms with Gasteiger partial charge in [-0.3, -0.25) is 14.6 Å². The normalized spacial score (nSPS) is 15.1. The van der Waals surface area contributed by atoms with Crippen molar-refractivity contribution >= 4 is 35.0 Å². The summed E-state index contributed by atoms with van der Waals surface area (Å²) < 4.78 is 23.7. The maximum Gasteiger partial charge on any atom is 0.269 e. The molecule has 1 fully saturated rings. The van der Waals surface area contributed by atoms with E-state index in [2.05, 4.69) is 25.3 Å². The average Bonchev–Trinajstić information content (AvgIpc) is 3.26. The van der Waals surface area contributed by atoms with Gasteiger partial charge in [0, 0.05) is 55.5 Å². The van der Waals surface area contributed by atoms with Crippen LogP contribution in [-0.4, -0.2) is 51.3 Å². The third-order valence-corrected chi connectivity index (χ3v) is 6.11. The number of aldehydes is 1. The quantitative estimate of drug-likeness (QED) is 0.407. The predicted molar refractivity (Wildman–Crippen MR) is 131 cm³/mol.